The molecule has 3 N–H and O–H groups in total. The highest BCUT2D eigenvalue weighted by Crippen LogP contribution is 2.35. The van der Waals surface area contributed by atoms with E-state index in [-0.39, 0.29) is 27.8 Å². The van der Waals surface area contributed by atoms with Gasteiger partial charge in [0.2, 0.25) is 0 Å². The molecule has 0 bridgehead atoms. The van der Waals surface area contributed by atoms with Gasteiger partial charge in [-0.15, -0.1) is 0 Å². The number of rotatable bonds is 7. The quantitative estimate of drug-likeness (QED) is 0.193. The van der Waals surface area contributed by atoms with Crippen LogP contribution in [0.25, 0.3) is 11.5 Å². The number of ether oxygens (including phenoxy) is 1. The second-order valence-corrected chi connectivity index (χ2v) is 9.80. The van der Waals surface area contributed by atoms with Gasteiger partial charge in [-0.05, 0) is 37.3 Å². The molecule has 5 aromatic rings. The molecule has 1 aromatic carbocycles. The molecule has 0 aliphatic heterocycles. The standard InChI is InChI=1S/C26H20Cl2F3N9O3/c1-13(43-2)22-19(11-32-21-8-20(28)38-40(21)22)37-25(42)36-16-7-18(26(29,30)31)23(33-9-16)39-12-17(10-34-39)35-24(41)14-3-5-15(27)6-4-14/h3-13H,1-2H3,(H,35,41)(H2,36,37,42)/t13-/m0/s1. The highest BCUT2D eigenvalue weighted by Gasteiger charge is 2.36. The molecule has 0 saturated carbocycles. The summed E-state index contributed by atoms with van der Waals surface area (Å²) in [6, 6.07) is 7.39. The lowest BCUT2D eigenvalue weighted by molar-refractivity contribution is -0.137. The Morgan fingerprint density at radius 2 is 1.72 bits per heavy atom. The van der Waals surface area contributed by atoms with Crippen LogP contribution >= 0.6 is 23.2 Å². The zero-order valence-electron chi connectivity index (χ0n) is 22.1. The molecule has 4 heterocycles. The van der Waals surface area contributed by atoms with Gasteiger partial charge in [-0.1, -0.05) is 23.2 Å². The third kappa shape index (κ3) is 6.53. The van der Waals surface area contributed by atoms with Crippen LogP contribution in [0.5, 0.6) is 0 Å². The summed E-state index contributed by atoms with van der Waals surface area (Å²) in [5.74, 6) is -1.09. The number of carbonyl (C=O) groups is 2. The molecule has 0 spiro atoms. The SMILES string of the molecule is CO[C@@H](C)c1c(NC(=O)Nc2cnc(-n3cc(NC(=O)c4ccc(Cl)cc4)cn3)c(C(F)(F)F)c2)cnc2cc(Cl)nn12. The minimum Gasteiger partial charge on any atom is -0.375 e. The molecule has 4 aromatic heterocycles. The van der Waals surface area contributed by atoms with Gasteiger partial charge in [0, 0.05) is 23.8 Å². The fourth-order valence-corrected chi connectivity index (χ4v) is 4.33. The van der Waals surface area contributed by atoms with E-state index < -0.39 is 35.6 Å². The van der Waals surface area contributed by atoms with E-state index in [1.807, 2.05) is 0 Å². The molecule has 1 atom stereocenters. The Balaban J connectivity index is 1.36. The van der Waals surface area contributed by atoms with Crippen molar-refractivity contribution in [3.05, 3.63) is 88.2 Å². The Kier molecular flexibility index (Phi) is 8.21. The second kappa shape index (κ2) is 11.9. The molecule has 3 amide bonds. The van der Waals surface area contributed by atoms with Gasteiger partial charge in [0.15, 0.2) is 16.6 Å². The summed E-state index contributed by atoms with van der Waals surface area (Å²) in [7, 11) is 1.45. The Morgan fingerprint density at radius 3 is 2.42 bits per heavy atom. The molecule has 0 unspecified atom stereocenters. The van der Waals surface area contributed by atoms with E-state index in [1.165, 1.54) is 60.5 Å². The number of fused-ring (bicyclic) bond motifs is 1. The molecule has 5 rings (SSSR count). The van der Waals surface area contributed by atoms with E-state index in [4.69, 9.17) is 27.9 Å². The van der Waals surface area contributed by atoms with Crippen molar-refractivity contribution in [3.8, 4) is 5.82 Å². The van der Waals surface area contributed by atoms with Crippen LogP contribution in [0.3, 0.4) is 0 Å². The number of hydrogen-bond acceptors (Lipinski definition) is 7. The number of nitrogens with one attached hydrogen (secondary N) is 3. The minimum atomic E-state index is -4.87. The number of benzene rings is 1. The van der Waals surface area contributed by atoms with Gasteiger partial charge in [-0.25, -0.2) is 24.0 Å². The third-order valence-electron chi connectivity index (χ3n) is 6.07. The molecular formula is C26H20Cl2F3N9O3. The number of hydrogen-bond donors (Lipinski definition) is 3. The maximum Gasteiger partial charge on any atom is 0.420 e. The van der Waals surface area contributed by atoms with Crippen LogP contribution in [-0.2, 0) is 10.9 Å². The van der Waals surface area contributed by atoms with Crippen molar-refractivity contribution in [3.63, 3.8) is 0 Å². The van der Waals surface area contributed by atoms with Crippen LogP contribution in [-0.4, -0.2) is 48.4 Å². The smallest absolute Gasteiger partial charge is 0.375 e. The van der Waals surface area contributed by atoms with Crippen LogP contribution in [0.1, 0.15) is 34.6 Å². The number of carbonyl (C=O) groups excluding carboxylic acids is 2. The minimum absolute atomic E-state index is 0.126. The first kappa shape index (κ1) is 29.8. The molecule has 12 nitrogen and oxygen atoms in total. The van der Waals surface area contributed by atoms with Gasteiger partial charge in [0.05, 0.1) is 53.6 Å². The monoisotopic (exact) mass is 633 g/mol. The van der Waals surface area contributed by atoms with Crippen LogP contribution in [0.4, 0.5) is 35.0 Å². The van der Waals surface area contributed by atoms with Gasteiger partial charge >= 0.3 is 12.2 Å². The first-order valence-corrected chi connectivity index (χ1v) is 13.0. The fraction of sp³-hybridized carbons (Fsp3) is 0.154. The van der Waals surface area contributed by atoms with Crippen LogP contribution < -0.4 is 16.0 Å². The molecule has 17 heteroatoms. The summed E-state index contributed by atoms with van der Waals surface area (Å²) in [6.07, 6.45) is -0.707. The number of alkyl halides is 3. The van der Waals surface area contributed by atoms with Crippen molar-refractivity contribution in [2.24, 2.45) is 0 Å². The van der Waals surface area contributed by atoms with Crippen molar-refractivity contribution < 1.29 is 27.5 Å². The average molecular weight is 634 g/mol. The van der Waals surface area contributed by atoms with Crippen molar-refractivity contribution in [1.82, 2.24) is 29.4 Å². The molecular weight excluding hydrogens is 614 g/mol. The van der Waals surface area contributed by atoms with Crippen LogP contribution in [0, 0.1) is 0 Å². The Morgan fingerprint density at radius 1 is 0.977 bits per heavy atom. The van der Waals surface area contributed by atoms with E-state index >= 15 is 0 Å². The summed E-state index contributed by atoms with van der Waals surface area (Å²) in [5, 5.41) is 16.1. The number of methoxy groups -OCH3 is 1. The highest BCUT2D eigenvalue weighted by molar-refractivity contribution is 6.30. The Labute approximate surface area is 250 Å². The van der Waals surface area contributed by atoms with Gasteiger partial charge in [0.1, 0.15) is 5.56 Å². The van der Waals surface area contributed by atoms with Crippen LogP contribution in [0.15, 0.2) is 61.2 Å². The average Bonchev–Trinajstić information content (AvgIpc) is 3.58. The molecule has 43 heavy (non-hydrogen) atoms. The summed E-state index contributed by atoms with van der Waals surface area (Å²) in [5.41, 5.74) is -0.0483. The zero-order valence-corrected chi connectivity index (χ0v) is 23.7. The van der Waals surface area contributed by atoms with Gasteiger partial charge in [-0.3, -0.25) is 4.79 Å². The number of anilines is 3. The summed E-state index contributed by atoms with van der Waals surface area (Å²) in [6.45, 7) is 1.70. The summed E-state index contributed by atoms with van der Waals surface area (Å²) >= 11 is 11.8. The Bertz CT molecular complexity index is 1820. The van der Waals surface area contributed by atoms with Gasteiger partial charge in [-0.2, -0.15) is 23.4 Å². The van der Waals surface area contributed by atoms with E-state index in [1.54, 1.807) is 6.92 Å². The Hall–Kier alpha value is -4.73. The zero-order chi connectivity index (χ0) is 30.9. The van der Waals surface area contributed by atoms with Gasteiger partial charge < -0.3 is 20.7 Å². The first-order valence-electron chi connectivity index (χ1n) is 12.3. The number of aromatic nitrogens is 6. The lowest BCUT2D eigenvalue weighted by Gasteiger charge is -2.17. The first-order chi connectivity index (χ1) is 20.4. The van der Waals surface area contributed by atoms with Crippen LogP contribution in [0.2, 0.25) is 10.2 Å². The highest BCUT2D eigenvalue weighted by atomic mass is 35.5. The topological polar surface area (TPSA) is 140 Å². The summed E-state index contributed by atoms with van der Waals surface area (Å²) < 4.78 is 49.8. The molecule has 0 saturated heterocycles. The predicted molar refractivity (Wildman–Crippen MR) is 152 cm³/mol. The molecule has 0 radical (unpaired) electrons. The van der Waals surface area contributed by atoms with E-state index in [0.29, 0.717) is 22.4 Å². The van der Waals surface area contributed by atoms with E-state index in [9.17, 15) is 22.8 Å². The van der Waals surface area contributed by atoms with Gasteiger partial charge in [0.25, 0.3) is 5.91 Å². The second-order valence-electron chi connectivity index (χ2n) is 8.98. The van der Waals surface area contributed by atoms with E-state index in [0.717, 1.165) is 10.9 Å². The van der Waals surface area contributed by atoms with Crippen molar-refractivity contribution in [2.45, 2.75) is 19.2 Å². The molecule has 222 valence electrons. The van der Waals surface area contributed by atoms with Crippen molar-refractivity contribution >= 4 is 57.8 Å². The summed E-state index contributed by atoms with van der Waals surface area (Å²) in [4.78, 5) is 33.4. The normalized spacial score (nSPS) is 12.3. The largest absolute Gasteiger partial charge is 0.420 e. The number of amides is 3. The van der Waals surface area contributed by atoms with Crippen molar-refractivity contribution in [2.75, 3.05) is 23.1 Å². The fourth-order valence-electron chi connectivity index (χ4n) is 4.03. The predicted octanol–water partition coefficient (Wildman–Crippen LogP) is 6.24. The van der Waals surface area contributed by atoms with Crippen molar-refractivity contribution in [1.29, 1.82) is 0 Å². The molecule has 0 aliphatic rings. The maximum absolute atomic E-state index is 14.1. The number of urea groups is 1. The number of pyridine rings is 1. The lowest BCUT2D eigenvalue weighted by Crippen LogP contribution is -2.23. The molecule has 0 fully saturated rings. The third-order valence-corrected chi connectivity index (χ3v) is 6.51. The number of halogens is 5. The van der Waals surface area contributed by atoms with E-state index in [2.05, 4.69) is 36.1 Å². The number of nitrogens with zero attached hydrogens (tertiary/aromatic N) is 6. The maximum atomic E-state index is 14.1. The molecule has 0 aliphatic carbocycles. The lowest BCUT2D eigenvalue weighted by atomic mass is 10.2.